The van der Waals surface area contributed by atoms with Crippen LogP contribution in [0.4, 0.5) is 4.79 Å². The Morgan fingerprint density at radius 2 is 1.40 bits per heavy atom. The molecule has 3 nitrogen and oxygen atoms in total. The second-order valence-corrected chi connectivity index (χ2v) is 0.250. The minimum Gasteiger partial charge on any atom is -0.652 e. The summed E-state index contributed by atoms with van der Waals surface area (Å²) in [7, 11) is 0. The molecule has 0 aliphatic rings. The molecule has 0 amide bonds. The van der Waals surface area contributed by atoms with Gasteiger partial charge in [-0.1, -0.05) is 0 Å². The molecule has 0 unspecified atom stereocenters. The van der Waals surface area contributed by atoms with Gasteiger partial charge in [-0.25, -0.2) is 0 Å². The van der Waals surface area contributed by atoms with Crippen LogP contribution in [0.5, 0.6) is 0 Å². The monoisotopic (exact) mass is 201 g/mol. The second kappa shape index (κ2) is 4.63. The fraction of sp³-hybridized carbons (Fsp3) is 0. The van der Waals surface area contributed by atoms with Crippen LogP contribution in [-0.2, 0) is 0 Å². The van der Waals surface area contributed by atoms with Gasteiger partial charge in [0, 0.05) is 0 Å². The molecule has 0 aromatic rings. The average molecular weight is 201 g/mol. The summed E-state index contributed by atoms with van der Waals surface area (Å²) in [6, 6.07) is 0. The largest absolute Gasteiger partial charge is 3.00 e. The number of rotatable bonds is 0. The van der Waals surface area contributed by atoms with Gasteiger partial charge in [-0.15, -0.1) is 0 Å². The van der Waals surface area contributed by atoms with Crippen LogP contribution in [0.3, 0.4) is 0 Å². The van der Waals surface area contributed by atoms with Crippen molar-refractivity contribution in [2.24, 2.45) is 0 Å². The van der Waals surface area contributed by atoms with Crippen LogP contribution >= 0.6 is 0 Å². The molecule has 0 atom stereocenters. The maximum atomic E-state index is 8.33. The number of hydrogen-bond acceptors (Lipinski definition) is 3. The zero-order chi connectivity index (χ0) is 3.58. The van der Waals surface area contributed by atoms with Crippen LogP contribution in [0.1, 0.15) is 0 Å². The summed E-state index contributed by atoms with van der Waals surface area (Å²) in [6.07, 6.45) is -2.33. The van der Waals surface area contributed by atoms with Crippen molar-refractivity contribution in [2.75, 3.05) is 0 Å². The predicted octanol–water partition coefficient (Wildman–Crippen LogP) is -2.45. The first-order chi connectivity index (χ1) is 1.73. The molecular formula is CO3Pr+. The van der Waals surface area contributed by atoms with E-state index in [-0.39, 0.29) is 41.3 Å². The Bertz CT molecular complexity index is 29.9. The van der Waals surface area contributed by atoms with Gasteiger partial charge in [0.15, 0.2) is 0 Å². The van der Waals surface area contributed by atoms with E-state index in [2.05, 4.69) is 0 Å². The Hall–Kier alpha value is 0.634. The summed E-state index contributed by atoms with van der Waals surface area (Å²) in [6.45, 7) is 0. The third-order valence-electron chi connectivity index (χ3n) is 0. The van der Waals surface area contributed by atoms with E-state index in [1.165, 1.54) is 0 Å². The number of hydrogen-bond donors (Lipinski definition) is 0. The van der Waals surface area contributed by atoms with Crippen molar-refractivity contribution in [1.29, 1.82) is 0 Å². The van der Waals surface area contributed by atoms with Crippen LogP contribution in [0, 0.1) is 41.3 Å². The number of carbonyl (C=O) groups is 1. The predicted molar refractivity (Wildman–Crippen MR) is 5.40 cm³/mol. The van der Waals surface area contributed by atoms with E-state index in [1.807, 2.05) is 0 Å². The van der Waals surface area contributed by atoms with E-state index < -0.39 is 6.16 Å². The maximum absolute atomic E-state index is 8.33. The van der Waals surface area contributed by atoms with E-state index in [0.717, 1.165) is 0 Å². The van der Waals surface area contributed by atoms with Crippen LogP contribution in [0.25, 0.3) is 0 Å². The molecule has 4 heteroatoms. The molecular weight excluding hydrogens is 201 g/mol. The fourth-order valence-corrected chi connectivity index (χ4v) is 0. The minimum absolute atomic E-state index is 0. The summed E-state index contributed by atoms with van der Waals surface area (Å²) in [5.74, 6) is 0. The fourth-order valence-electron chi connectivity index (χ4n) is 0. The standard InChI is InChI=1S/CH2O3.Pr/c2-1(3)4;/h(H2,2,3,4);/q;+3/p-2. The van der Waals surface area contributed by atoms with E-state index in [4.69, 9.17) is 15.0 Å². The van der Waals surface area contributed by atoms with Gasteiger partial charge in [-0.2, -0.15) is 0 Å². The van der Waals surface area contributed by atoms with Gasteiger partial charge >= 0.3 is 41.3 Å². The van der Waals surface area contributed by atoms with Gasteiger partial charge in [0.25, 0.3) is 0 Å². The van der Waals surface area contributed by atoms with Crippen molar-refractivity contribution >= 4 is 6.16 Å². The summed E-state index contributed by atoms with van der Waals surface area (Å²) in [4.78, 5) is 8.33. The third kappa shape index (κ3) is 80.0. The molecule has 0 aromatic carbocycles. The molecule has 0 rings (SSSR count). The minimum atomic E-state index is -2.33. The Morgan fingerprint density at radius 1 is 1.40 bits per heavy atom. The molecule has 5 heavy (non-hydrogen) atoms. The zero-order valence-corrected chi connectivity index (χ0v) is 6.01. The molecule has 0 aromatic heterocycles. The van der Waals surface area contributed by atoms with Crippen molar-refractivity contribution < 1.29 is 56.3 Å². The average Bonchev–Trinajstić information content (AvgIpc) is 0.811. The van der Waals surface area contributed by atoms with Crippen LogP contribution < -0.4 is 10.2 Å². The van der Waals surface area contributed by atoms with E-state index in [0.29, 0.717) is 0 Å². The molecule has 0 heterocycles. The molecule has 0 radical (unpaired) electrons. The number of carbonyl (C=O) groups excluding carboxylic acids is 1. The normalized spacial score (nSPS) is 4.80. The van der Waals surface area contributed by atoms with Crippen molar-refractivity contribution in [3.05, 3.63) is 0 Å². The van der Waals surface area contributed by atoms with Gasteiger partial charge in [0.1, 0.15) is 0 Å². The molecule has 0 saturated heterocycles. The molecule has 0 N–H and O–H groups in total. The molecule has 24 valence electrons. The van der Waals surface area contributed by atoms with E-state index in [9.17, 15) is 0 Å². The Labute approximate surface area is 61.9 Å². The summed E-state index contributed by atoms with van der Waals surface area (Å²) >= 11 is 0. The molecule has 0 saturated carbocycles. The van der Waals surface area contributed by atoms with Crippen molar-refractivity contribution in [3.8, 4) is 0 Å². The molecule has 0 fully saturated rings. The summed E-state index contributed by atoms with van der Waals surface area (Å²) < 4.78 is 0. The van der Waals surface area contributed by atoms with Gasteiger partial charge in [-0.05, 0) is 6.16 Å². The first-order valence-corrected chi connectivity index (χ1v) is 0.612. The molecule has 0 spiro atoms. The van der Waals surface area contributed by atoms with Gasteiger partial charge in [-0.3, -0.25) is 0 Å². The van der Waals surface area contributed by atoms with Gasteiger partial charge in [0.05, 0.1) is 0 Å². The SMILES string of the molecule is O=C([O-])[O-].[Pr+3]. The van der Waals surface area contributed by atoms with E-state index in [1.54, 1.807) is 0 Å². The van der Waals surface area contributed by atoms with Crippen LogP contribution in [0.15, 0.2) is 0 Å². The quantitative estimate of drug-likeness (QED) is 0.437. The van der Waals surface area contributed by atoms with Crippen molar-refractivity contribution in [1.82, 2.24) is 0 Å². The smallest absolute Gasteiger partial charge is 0.652 e. The van der Waals surface area contributed by atoms with Crippen LogP contribution in [-0.4, -0.2) is 6.16 Å². The Balaban J connectivity index is 0. The van der Waals surface area contributed by atoms with Crippen molar-refractivity contribution in [3.63, 3.8) is 0 Å². The summed E-state index contributed by atoms with van der Waals surface area (Å²) in [5, 5.41) is 16.7. The zero-order valence-electron chi connectivity index (χ0n) is 2.30. The second-order valence-electron chi connectivity index (χ2n) is 0.250. The van der Waals surface area contributed by atoms with E-state index >= 15 is 0 Å². The number of carboxylic acid groups (broad SMARTS) is 2. The van der Waals surface area contributed by atoms with Crippen LogP contribution in [0.2, 0.25) is 0 Å². The van der Waals surface area contributed by atoms with Crippen molar-refractivity contribution in [2.45, 2.75) is 0 Å². The van der Waals surface area contributed by atoms with Gasteiger partial charge in [0.2, 0.25) is 0 Å². The first kappa shape index (κ1) is 9.16. The summed E-state index contributed by atoms with van der Waals surface area (Å²) in [5.41, 5.74) is 0. The molecule has 0 aliphatic carbocycles. The topological polar surface area (TPSA) is 63.2 Å². The maximum Gasteiger partial charge on any atom is 3.00 e. The third-order valence-corrected chi connectivity index (χ3v) is 0. The first-order valence-electron chi connectivity index (χ1n) is 0.612. The molecule has 0 aliphatic heterocycles. The molecule has 0 bridgehead atoms. The Morgan fingerprint density at radius 3 is 1.40 bits per heavy atom. The Kier molecular flexibility index (Phi) is 8.49. The van der Waals surface area contributed by atoms with Gasteiger partial charge < -0.3 is 15.0 Å².